The first-order chi connectivity index (χ1) is 14.8. The first-order valence-electron chi connectivity index (χ1n) is 9.09. The number of aryl methyl sites for hydroxylation is 1. The molecule has 2 amide bonds. The van der Waals surface area contributed by atoms with E-state index in [1.807, 2.05) is 6.92 Å². The van der Waals surface area contributed by atoms with Crippen LogP contribution in [-0.2, 0) is 14.4 Å². The molecule has 0 unspecified atom stereocenters. The number of aliphatic carboxylic acids is 1. The molecule has 2 aliphatic heterocycles. The van der Waals surface area contributed by atoms with Crippen LogP contribution in [0.5, 0.6) is 0 Å². The van der Waals surface area contributed by atoms with Crippen LogP contribution in [0, 0.1) is 6.92 Å². The highest BCUT2D eigenvalue weighted by atomic mass is 79.9. The largest absolute Gasteiger partial charge is 0.477 e. The van der Waals surface area contributed by atoms with Gasteiger partial charge in [-0.25, -0.2) is 4.79 Å². The number of aromatic nitrogens is 4. The van der Waals surface area contributed by atoms with Crippen LogP contribution in [0.15, 0.2) is 32.5 Å². The zero-order chi connectivity index (χ0) is 22.3. The number of carbonyl (C=O) groups is 3. The average Bonchev–Trinajstić information content (AvgIpc) is 3.36. The minimum absolute atomic E-state index is 0.00274. The van der Waals surface area contributed by atoms with Crippen LogP contribution in [0.2, 0.25) is 0 Å². The molecule has 1 fully saturated rings. The molecule has 31 heavy (non-hydrogen) atoms. The summed E-state index contributed by atoms with van der Waals surface area (Å²) in [5.41, 5.74) is 0.650. The molecule has 10 nitrogen and oxygen atoms in total. The normalized spacial score (nSPS) is 21.5. The minimum atomic E-state index is -1.15. The number of nitrogens with zero attached hydrogens (tertiary/aromatic N) is 5. The van der Waals surface area contributed by atoms with Crippen molar-refractivity contribution in [2.24, 2.45) is 0 Å². The van der Waals surface area contributed by atoms with E-state index in [-0.39, 0.29) is 11.6 Å². The Labute approximate surface area is 198 Å². The van der Waals surface area contributed by atoms with Gasteiger partial charge in [0.15, 0.2) is 4.34 Å². The molecular weight excluding hydrogens is 528 g/mol. The van der Waals surface area contributed by atoms with Crippen molar-refractivity contribution in [2.75, 3.05) is 11.5 Å². The van der Waals surface area contributed by atoms with E-state index in [0.29, 0.717) is 17.1 Å². The lowest BCUT2D eigenvalue weighted by Gasteiger charge is -2.49. The van der Waals surface area contributed by atoms with Gasteiger partial charge in [0.25, 0.3) is 5.91 Å². The highest BCUT2D eigenvalue weighted by Crippen LogP contribution is 2.41. The van der Waals surface area contributed by atoms with Gasteiger partial charge < -0.3 is 10.4 Å². The number of nitrogens with one attached hydrogen (secondary N) is 1. The molecule has 2 aromatic rings. The number of halogens is 1. The number of hydrogen-bond donors (Lipinski definition) is 2. The molecule has 3 atom stereocenters. The third-order valence-electron chi connectivity index (χ3n) is 4.77. The van der Waals surface area contributed by atoms with Gasteiger partial charge in [0.05, 0.1) is 10.7 Å². The summed E-state index contributed by atoms with van der Waals surface area (Å²) in [7, 11) is 0. The summed E-state index contributed by atoms with van der Waals surface area (Å²) in [6.07, 6.45) is 3.24. The molecule has 0 radical (unpaired) electrons. The van der Waals surface area contributed by atoms with Crippen molar-refractivity contribution in [2.45, 2.75) is 35.6 Å². The number of β-lactam (4-membered cyclic amide) rings is 1. The molecule has 2 aliphatic rings. The second-order valence-corrected chi connectivity index (χ2v) is 11.3. The standard InChI is InChI=1S/C17H17BrN6O4S3/c1-7(23-4-10(18)3-19-23)13(25)20-11-14(26)24-12(16(27)28)9(5-29-15(11)24)6-30-17-22-21-8(2)31-17/h3-4,7,11,15H,5-6H2,1-2H3,(H,20,25)(H,27,28)/t7-,11-,15-/m0/s1. The summed E-state index contributed by atoms with van der Waals surface area (Å²) >= 11 is 7.57. The van der Waals surface area contributed by atoms with E-state index in [9.17, 15) is 19.5 Å². The van der Waals surface area contributed by atoms with Gasteiger partial charge in [-0.3, -0.25) is 19.2 Å². The average molecular weight is 545 g/mol. The van der Waals surface area contributed by atoms with Gasteiger partial charge in [-0.15, -0.1) is 22.0 Å². The number of carboxylic acids is 1. The maximum atomic E-state index is 12.8. The Morgan fingerprint density at radius 3 is 2.84 bits per heavy atom. The summed E-state index contributed by atoms with van der Waals surface area (Å²) in [6.45, 7) is 3.53. The number of amides is 2. The van der Waals surface area contributed by atoms with Crippen molar-refractivity contribution in [1.29, 1.82) is 0 Å². The maximum Gasteiger partial charge on any atom is 0.352 e. The molecule has 0 spiro atoms. The fourth-order valence-corrected chi connectivity index (χ4v) is 6.80. The molecule has 1 saturated heterocycles. The zero-order valence-corrected chi connectivity index (χ0v) is 20.3. The van der Waals surface area contributed by atoms with Crippen LogP contribution in [0.3, 0.4) is 0 Å². The lowest BCUT2D eigenvalue weighted by Crippen LogP contribution is -2.71. The number of thioether (sulfide) groups is 2. The number of fused-ring (bicyclic) bond motifs is 1. The highest BCUT2D eigenvalue weighted by molar-refractivity contribution is 9.10. The van der Waals surface area contributed by atoms with Gasteiger partial charge in [0, 0.05) is 17.7 Å². The van der Waals surface area contributed by atoms with E-state index in [1.165, 1.54) is 44.4 Å². The number of hydrogen-bond acceptors (Lipinski definition) is 9. The smallest absolute Gasteiger partial charge is 0.352 e. The predicted octanol–water partition coefficient (Wildman–Crippen LogP) is 1.90. The van der Waals surface area contributed by atoms with Crippen molar-refractivity contribution in [3.05, 3.63) is 33.1 Å². The first-order valence-corrected chi connectivity index (χ1v) is 12.7. The van der Waals surface area contributed by atoms with Gasteiger partial charge in [0.2, 0.25) is 5.91 Å². The van der Waals surface area contributed by atoms with Crippen molar-refractivity contribution < 1.29 is 19.5 Å². The second kappa shape index (κ2) is 8.92. The van der Waals surface area contributed by atoms with Crippen LogP contribution in [0.1, 0.15) is 18.0 Å². The summed E-state index contributed by atoms with van der Waals surface area (Å²) in [5.74, 6) is -1.08. The fraction of sp³-hybridized carbons (Fsp3) is 0.412. The molecule has 4 heterocycles. The van der Waals surface area contributed by atoms with Gasteiger partial charge in [0.1, 0.15) is 28.2 Å². The van der Waals surface area contributed by atoms with Crippen molar-refractivity contribution in [1.82, 2.24) is 30.2 Å². The van der Waals surface area contributed by atoms with Gasteiger partial charge in [-0.05, 0) is 35.4 Å². The lowest BCUT2D eigenvalue weighted by atomic mass is 10.0. The van der Waals surface area contributed by atoms with Crippen molar-refractivity contribution >= 4 is 68.6 Å². The van der Waals surface area contributed by atoms with Crippen LogP contribution in [0.25, 0.3) is 0 Å². The Morgan fingerprint density at radius 1 is 1.45 bits per heavy atom. The molecule has 164 valence electrons. The summed E-state index contributed by atoms with van der Waals surface area (Å²) in [5, 5.41) is 25.0. The van der Waals surface area contributed by atoms with Gasteiger partial charge in [-0.2, -0.15) is 5.10 Å². The number of carbonyl (C=O) groups excluding carboxylic acids is 2. The Kier molecular flexibility index (Phi) is 6.42. The van der Waals surface area contributed by atoms with E-state index in [1.54, 1.807) is 19.3 Å². The van der Waals surface area contributed by atoms with Crippen LogP contribution in [0.4, 0.5) is 0 Å². The third kappa shape index (κ3) is 4.38. The molecule has 0 saturated carbocycles. The Balaban J connectivity index is 1.45. The molecule has 0 aliphatic carbocycles. The third-order valence-corrected chi connectivity index (χ3v) is 8.58. The van der Waals surface area contributed by atoms with E-state index < -0.39 is 29.3 Å². The molecule has 2 aromatic heterocycles. The molecule has 4 rings (SSSR count). The van der Waals surface area contributed by atoms with Crippen LogP contribution in [-0.4, -0.2) is 70.7 Å². The first kappa shape index (κ1) is 22.3. The Hall–Kier alpha value is -1.90. The van der Waals surface area contributed by atoms with E-state index in [2.05, 4.69) is 36.5 Å². The summed E-state index contributed by atoms with van der Waals surface area (Å²) < 4.78 is 2.98. The molecule has 2 N–H and O–H groups in total. The van der Waals surface area contributed by atoms with Gasteiger partial charge >= 0.3 is 5.97 Å². The topological polar surface area (TPSA) is 130 Å². The van der Waals surface area contributed by atoms with Crippen molar-refractivity contribution in [3.8, 4) is 0 Å². The minimum Gasteiger partial charge on any atom is -0.477 e. The van der Waals surface area contributed by atoms with Gasteiger partial charge in [-0.1, -0.05) is 23.1 Å². The SMILES string of the molecule is Cc1nnc(SCC2=C(C(=O)O)N3C(=O)[C@H](NC(=O)[C@H](C)n4cc(Br)cn4)[C@@H]3SC2)s1. The highest BCUT2D eigenvalue weighted by Gasteiger charge is 2.54. The Morgan fingerprint density at radius 2 is 2.23 bits per heavy atom. The van der Waals surface area contributed by atoms with Crippen LogP contribution >= 0.6 is 50.8 Å². The number of carboxylic acid groups (broad SMARTS) is 1. The maximum absolute atomic E-state index is 12.8. The van der Waals surface area contributed by atoms with Crippen LogP contribution < -0.4 is 5.32 Å². The predicted molar refractivity (Wildman–Crippen MR) is 120 cm³/mol. The molecular formula is C17H17BrN6O4S3. The monoisotopic (exact) mass is 544 g/mol. The van der Waals surface area contributed by atoms with E-state index in [0.717, 1.165) is 13.8 Å². The quantitative estimate of drug-likeness (QED) is 0.396. The molecule has 0 bridgehead atoms. The second-order valence-electron chi connectivity index (χ2n) is 6.84. The number of rotatable bonds is 7. The Bertz CT molecular complexity index is 1090. The zero-order valence-electron chi connectivity index (χ0n) is 16.3. The lowest BCUT2D eigenvalue weighted by molar-refractivity contribution is -0.151. The van der Waals surface area contributed by atoms with E-state index in [4.69, 9.17) is 0 Å². The molecule has 14 heteroatoms. The summed E-state index contributed by atoms with van der Waals surface area (Å²) in [4.78, 5) is 38.6. The fourth-order valence-electron chi connectivity index (χ4n) is 3.20. The van der Waals surface area contributed by atoms with Crippen molar-refractivity contribution in [3.63, 3.8) is 0 Å². The van der Waals surface area contributed by atoms with E-state index >= 15 is 0 Å². The summed E-state index contributed by atoms with van der Waals surface area (Å²) in [6, 6.07) is -1.38. The molecule has 0 aromatic carbocycles.